The number of carbonyl (C=O) groups excluding carboxylic acids is 1. The number of methoxy groups -OCH3 is 1. The molecule has 1 aliphatic rings. The first-order chi connectivity index (χ1) is 11.6. The first-order valence-electron chi connectivity index (χ1n) is 7.87. The van der Waals surface area contributed by atoms with Gasteiger partial charge in [-0.2, -0.15) is 0 Å². The molecule has 1 aromatic carbocycles. The number of sulfone groups is 1. The molecule has 0 spiro atoms. The molecule has 0 heterocycles. The number of carbonyl (C=O) groups is 1. The normalized spacial score (nSPS) is 18.0. The molecule has 25 heavy (non-hydrogen) atoms. The van der Waals surface area contributed by atoms with Crippen molar-refractivity contribution in [2.45, 2.75) is 38.5 Å². The molecule has 0 radical (unpaired) electrons. The summed E-state index contributed by atoms with van der Waals surface area (Å²) < 4.78 is 29.2. The zero-order chi connectivity index (χ0) is 18.8. The van der Waals surface area contributed by atoms with Crippen molar-refractivity contribution in [1.82, 2.24) is 0 Å². The molecule has 0 unspecified atom stereocenters. The molecular weight excluding hydrogens is 344 g/mol. The van der Waals surface area contributed by atoms with Gasteiger partial charge in [-0.3, -0.25) is 4.79 Å². The van der Waals surface area contributed by atoms with E-state index in [2.05, 4.69) is 10.2 Å². The van der Waals surface area contributed by atoms with Crippen molar-refractivity contribution in [1.29, 1.82) is 0 Å². The average molecular weight is 366 g/mol. The van der Waals surface area contributed by atoms with Gasteiger partial charge in [0, 0.05) is 12.8 Å². The van der Waals surface area contributed by atoms with Gasteiger partial charge in [0.05, 0.1) is 17.8 Å². The van der Waals surface area contributed by atoms with E-state index in [1.165, 1.54) is 25.3 Å². The lowest BCUT2D eigenvalue weighted by Gasteiger charge is -2.27. The molecule has 1 N–H and O–H groups in total. The summed E-state index contributed by atoms with van der Waals surface area (Å²) in [5.74, 6) is -0.132. The van der Waals surface area contributed by atoms with Crippen LogP contribution in [0.1, 0.15) is 33.6 Å². The topological polar surface area (TPSA) is 105 Å². The third kappa shape index (κ3) is 4.25. The molecular formula is C17H22N2O5S. The van der Waals surface area contributed by atoms with Gasteiger partial charge in [0.15, 0.2) is 21.3 Å². The van der Waals surface area contributed by atoms with E-state index in [4.69, 9.17) is 4.74 Å². The van der Waals surface area contributed by atoms with Crippen molar-refractivity contribution in [3.8, 4) is 5.75 Å². The van der Waals surface area contributed by atoms with E-state index in [0.29, 0.717) is 12.2 Å². The van der Waals surface area contributed by atoms with Crippen LogP contribution in [0.4, 0.5) is 5.69 Å². The first kappa shape index (κ1) is 19.1. The molecule has 0 saturated heterocycles. The zero-order valence-corrected chi connectivity index (χ0v) is 15.6. The Balaban J connectivity index is 2.44. The third-order valence-corrected chi connectivity index (χ3v) is 5.70. The highest BCUT2D eigenvalue weighted by atomic mass is 32.2. The maximum atomic E-state index is 12.2. The number of nitrogens with zero attached hydrogens (tertiary/aromatic N) is 2. The Kier molecular flexibility index (Phi) is 5.31. The number of hydrogen-bond acceptors (Lipinski definition) is 7. The van der Waals surface area contributed by atoms with Gasteiger partial charge in [-0.1, -0.05) is 20.8 Å². The fourth-order valence-electron chi connectivity index (χ4n) is 2.60. The van der Waals surface area contributed by atoms with Crippen molar-refractivity contribution in [2.24, 2.45) is 15.6 Å². The number of aliphatic hydroxyl groups excluding tert-OH is 1. The van der Waals surface area contributed by atoms with Crippen molar-refractivity contribution >= 4 is 21.3 Å². The minimum Gasteiger partial charge on any atom is -0.510 e. The van der Waals surface area contributed by atoms with Gasteiger partial charge in [-0.05, 0) is 23.6 Å². The summed E-state index contributed by atoms with van der Waals surface area (Å²) in [6.45, 7) is 5.32. The summed E-state index contributed by atoms with van der Waals surface area (Å²) in [4.78, 5) is 12.3. The summed E-state index contributed by atoms with van der Waals surface area (Å²) in [6.07, 6.45) is 0.585. The Hall–Kier alpha value is -2.22. The molecule has 0 amide bonds. The molecule has 0 saturated carbocycles. The van der Waals surface area contributed by atoms with Crippen LogP contribution >= 0.6 is 0 Å². The molecule has 1 aromatic rings. The van der Waals surface area contributed by atoms with E-state index in [0.717, 1.165) is 0 Å². The largest absolute Gasteiger partial charge is 0.510 e. The fraction of sp³-hybridized carbons (Fsp3) is 0.471. The second-order valence-corrected chi connectivity index (χ2v) is 8.95. The van der Waals surface area contributed by atoms with E-state index < -0.39 is 9.84 Å². The van der Waals surface area contributed by atoms with Gasteiger partial charge in [0.25, 0.3) is 0 Å². The molecule has 8 heteroatoms. The van der Waals surface area contributed by atoms with Gasteiger partial charge >= 0.3 is 0 Å². The Bertz CT molecular complexity index is 854. The number of aliphatic hydroxyl groups is 1. The predicted molar refractivity (Wildman–Crippen MR) is 92.9 cm³/mol. The Morgan fingerprint density at radius 2 is 1.92 bits per heavy atom. The molecule has 2 rings (SSSR count). The van der Waals surface area contributed by atoms with E-state index in [-0.39, 0.29) is 45.4 Å². The van der Waals surface area contributed by atoms with Crippen molar-refractivity contribution in [3.63, 3.8) is 0 Å². The van der Waals surface area contributed by atoms with Crippen LogP contribution < -0.4 is 4.74 Å². The van der Waals surface area contributed by atoms with Crippen LogP contribution in [0.25, 0.3) is 0 Å². The Labute approximate surface area is 147 Å². The molecule has 7 nitrogen and oxygen atoms in total. The molecule has 0 fully saturated rings. The van der Waals surface area contributed by atoms with E-state index >= 15 is 0 Å². The van der Waals surface area contributed by atoms with E-state index in [9.17, 15) is 18.3 Å². The molecule has 0 atom stereocenters. The smallest absolute Gasteiger partial charge is 0.187 e. The molecule has 1 aliphatic carbocycles. The van der Waals surface area contributed by atoms with Crippen LogP contribution in [0.5, 0.6) is 5.75 Å². The zero-order valence-electron chi connectivity index (χ0n) is 14.7. The van der Waals surface area contributed by atoms with Gasteiger partial charge < -0.3 is 9.84 Å². The number of allylic oxidation sites excluding steroid dienone is 2. The Morgan fingerprint density at radius 1 is 1.24 bits per heavy atom. The lowest BCUT2D eigenvalue weighted by molar-refractivity contribution is -0.118. The maximum Gasteiger partial charge on any atom is 0.187 e. The van der Waals surface area contributed by atoms with Gasteiger partial charge in [0.1, 0.15) is 17.2 Å². The number of azo groups is 1. The third-order valence-electron chi connectivity index (χ3n) is 3.97. The van der Waals surface area contributed by atoms with Crippen molar-refractivity contribution in [2.75, 3.05) is 12.9 Å². The summed E-state index contributed by atoms with van der Waals surface area (Å²) in [6, 6.07) is 4.26. The highest BCUT2D eigenvalue weighted by Gasteiger charge is 2.33. The summed E-state index contributed by atoms with van der Waals surface area (Å²) in [7, 11) is -1.99. The Morgan fingerprint density at radius 3 is 2.48 bits per heavy atom. The van der Waals surface area contributed by atoms with E-state index in [1.54, 1.807) is 6.92 Å². The second kappa shape index (κ2) is 6.95. The summed E-state index contributed by atoms with van der Waals surface area (Å²) in [5, 5.41) is 17.9. The van der Waals surface area contributed by atoms with Crippen LogP contribution in [0.15, 0.2) is 44.8 Å². The maximum absolute atomic E-state index is 12.2. The van der Waals surface area contributed by atoms with E-state index in [1.807, 2.05) is 13.8 Å². The molecule has 136 valence electrons. The van der Waals surface area contributed by atoms with Gasteiger partial charge in [0.2, 0.25) is 0 Å². The van der Waals surface area contributed by atoms with Crippen molar-refractivity contribution in [3.05, 3.63) is 29.7 Å². The van der Waals surface area contributed by atoms with Crippen LogP contribution in [0, 0.1) is 5.41 Å². The molecule has 0 aromatic heterocycles. The number of hydrogen-bond donors (Lipinski definition) is 1. The average Bonchev–Trinajstić information content (AvgIpc) is 2.52. The number of rotatable bonds is 5. The van der Waals surface area contributed by atoms with Gasteiger partial charge in [-0.15, -0.1) is 10.2 Å². The number of Topliss-reactive ketones (excluding diaryl/α,β-unsaturated/α-hetero) is 1. The first-order valence-corrected chi connectivity index (χ1v) is 9.53. The minimum absolute atomic E-state index is 0.0462. The summed E-state index contributed by atoms with van der Waals surface area (Å²) >= 11 is 0. The SMILES string of the molecule is CCS(=O)(=O)c1ccc(OC)c(N=NC2=C(O)CC(C)(C)CC2=O)c1. The number of ether oxygens (including phenoxy) is 1. The highest BCUT2D eigenvalue weighted by Crippen LogP contribution is 2.37. The van der Waals surface area contributed by atoms with Crippen molar-refractivity contribution < 1.29 is 23.1 Å². The molecule has 0 bridgehead atoms. The number of ketones is 1. The van der Waals surface area contributed by atoms with Gasteiger partial charge in [-0.25, -0.2) is 8.42 Å². The fourth-order valence-corrected chi connectivity index (χ4v) is 3.50. The number of benzene rings is 1. The highest BCUT2D eigenvalue weighted by molar-refractivity contribution is 7.91. The summed E-state index contributed by atoms with van der Waals surface area (Å²) in [5.41, 5.74) is -0.243. The molecule has 0 aliphatic heterocycles. The predicted octanol–water partition coefficient (Wildman–Crippen LogP) is 3.73. The quantitative estimate of drug-likeness (QED) is 0.799. The monoisotopic (exact) mass is 366 g/mol. The lowest BCUT2D eigenvalue weighted by Crippen LogP contribution is -2.25. The minimum atomic E-state index is -3.41. The second-order valence-electron chi connectivity index (χ2n) is 6.67. The standard InChI is InChI=1S/C17H22N2O5S/c1-5-25(22,23)11-6-7-15(24-4)12(8-11)18-19-16-13(20)9-17(2,3)10-14(16)21/h6-8,20H,5,9-10H2,1-4H3. The van der Waals surface area contributed by atoms with Crippen LogP contribution in [-0.2, 0) is 14.6 Å². The van der Waals surface area contributed by atoms with Crippen LogP contribution in [-0.4, -0.2) is 32.2 Å². The van der Waals surface area contributed by atoms with Crippen LogP contribution in [0.3, 0.4) is 0 Å². The van der Waals surface area contributed by atoms with Crippen LogP contribution in [0.2, 0.25) is 0 Å². The lowest BCUT2D eigenvalue weighted by atomic mass is 9.78.